The fraction of sp³-hybridized carbons (Fsp3) is 0.600. The lowest BCUT2D eigenvalue weighted by Gasteiger charge is -2.47. The predicted molar refractivity (Wildman–Crippen MR) is 128 cm³/mol. The molecule has 2 aromatic rings. The van der Waals surface area contributed by atoms with Crippen molar-refractivity contribution in [2.45, 2.75) is 66.7 Å². The van der Waals surface area contributed by atoms with Gasteiger partial charge in [0, 0.05) is 31.1 Å². The topological polar surface area (TPSA) is 71.9 Å². The smallest absolute Gasteiger partial charge is 0.387 e. The summed E-state index contributed by atoms with van der Waals surface area (Å²) in [5.74, 6) is -0.726. The van der Waals surface area contributed by atoms with E-state index < -0.39 is 18.2 Å². The van der Waals surface area contributed by atoms with Crippen LogP contribution in [0.15, 0.2) is 18.2 Å². The normalized spacial score (nSPS) is 21.7. The van der Waals surface area contributed by atoms with Crippen LogP contribution in [0, 0.1) is 25.2 Å². The monoisotopic (exact) mass is 496 g/mol. The first-order chi connectivity index (χ1) is 15.8. The number of carbonyl (C=O) groups is 1. The highest BCUT2D eigenvalue weighted by molar-refractivity contribution is 7.15. The minimum atomic E-state index is -2.92. The molecule has 1 aromatic heterocycles. The van der Waals surface area contributed by atoms with E-state index in [1.54, 1.807) is 12.1 Å². The van der Waals surface area contributed by atoms with Crippen LogP contribution in [0.25, 0.3) is 10.6 Å². The maximum absolute atomic E-state index is 12.9. The molecule has 6 nitrogen and oxygen atoms in total. The number of hydrogen-bond acceptors (Lipinski definition) is 6. The van der Waals surface area contributed by atoms with Crippen molar-refractivity contribution in [3.05, 3.63) is 34.3 Å². The molecule has 34 heavy (non-hydrogen) atoms. The summed E-state index contributed by atoms with van der Waals surface area (Å²) in [5, 5.41) is 10.7. The van der Waals surface area contributed by atoms with E-state index in [4.69, 9.17) is 9.47 Å². The van der Waals surface area contributed by atoms with Gasteiger partial charge in [-0.25, -0.2) is 9.78 Å². The Hall–Kier alpha value is -2.10. The molecule has 0 aliphatic carbocycles. The summed E-state index contributed by atoms with van der Waals surface area (Å²) in [6.45, 7) is 10.9. The molecule has 1 N–H and O–H groups in total. The molecule has 9 heteroatoms. The van der Waals surface area contributed by atoms with E-state index in [-0.39, 0.29) is 23.6 Å². The van der Waals surface area contributed by atoms with Gasteiger partial charge in [0.05, 0.1) is 11.3 Å². The zero-order chi connectivity index (χ0) is 25.3. The number of aryl methyl sites for hydroxylation is 2. The molecule has 188 valence electrons. The van der Waals surface area contributed by atoms with E-state index in [1.165, 1.54) is 17.4 Å². The first kappa shape index (κ1) is 26.5. The minimum absolute atomic E-state index is 0.0898. The van der Waals surface area contributed by atoms with Crippen molar-refractivity contribution in [2.24, 2.45) is 11.3 Å². The van der Waals surface area contributed by atoms with Gasteiger partial charge in [0.25, 0.3) is 0 Å². The molecule has 0 saturated carbocycles. The third kappa shape index (κ3) is 5.93. The molecule has 3 rings (SSSR count). The second kappa shape index (κ2) is 10.3. The van der Waals surface area contributed by atoms with E-state index in [0.717, 1.165) is 22.7 Å². The molecule has 2 atom stereocenters. The number of carboxylic acids is 1. The Bertz CT molecular complexity index is 1020. The van der Waals surface area contributed by atoms with Crippen molar-refractivity contribution in [1.82, 2.24) is 9.88 Å². The maximum atomic E-state index is 12.9. The number of likely N-dealkylation sites (tertiary alicyclic amines) is 1. The summed E-state index contributed by atoms with van der Waals surface area (Å²) < 4.78 is 36.5. The fourth-order valence-corrected chi connectivity index (χ4v) is 5.59. The summed E-state index contributed by atoms with van der Waals surface area (Å²) in [6, 6.07) is 5.05. The third-order valence-electron chi connectivity index (χ3n) is 6.41. The van der Waals surface area contributed by atoms with E-state index >= 15 is 0 Å². The largest absolute Gasteiger partial charge is 0.479 e. The summed E-state index contributed by atoms with van der Waals surface area (Å²) in [7, 11) is 0. The molecule has 2 heterocycles. The van der Waals surface area contributed by atoms with Crippen LogP contribution in [0.3, 0.4) is 0 Å². The molecule has 1 saturated heterocycles. The van der Waals surface area contributed by atoms with Crippen LogP contribution in [0.4, 0.5) is 8.78 Å². The maximum Gasteiger partial charge on any atom is 0.387 e. The third-order valence-corrected chi connectivity index (χ3v) is 7.59. The Morgan fingerprint density at radius 1 is 1.35 bits per heavy atom. The van der Waals surface area contributed by atoms with Crippen LogP contribution >= 0.6 is 11.3 Å². The van der Waals surface area contributed by atoms with Crippen molar-refractivity contribution < 1.29 is 28.2 Å². The number of benzene rings is 1. The standard InChI is InChI=1S/C25H34F2N2O4S/c1-7-32-25(22(30)31)11-17(24(4,5)6)12-29(14-25)13-20-16(3)28-21(34-20)18-10-15(2)8-9-19(18)33-23(26)27/h8-10,17,23H,7,11-14H2,1-6H3,(H,30,31)/t17?,25-/m0/s1. The van der Waals surface area contributed by atoms with Gasteiger partial charge >= 0.3 is 12.6 Å². The van der Waals surface area contributed by atoms with E-state index in [1.807, 2.05) is 20.8 Å². The van der Waals surface area contributed by atoms with Gasteiger partial charge in [0.15, 0.2) is 5.60 Å². The second-order valence-electron chi connectivity index (χ2n) is 10.1. The molecule has 0 amide bonds. The van der Waals surface area contributed by atoms with Crippen LogP contribution < -0.4 is 4.74 Å². The average Bonchev–Trinajstić information content (AvgIpc) is 3.08. The quantitative estimate of drug-likeness (QED) is 0.501. The molecular weight excluding hydrogens is 462 g/mol. The number of aliphatic carboxylic acids is 1. The van der Waals surface area contributed by atoms with Gasteiger partial charge in [-0.3, -0.25) is 4.90 Å². The van der Waals surface area contributed by atoms with Crippen LogP contribution in [-0.2, 0) is 16.1 Å². The molecule has 1 aliphatic heterocycles. The number of rotatable bonds is 8. The highest BCUT2D eigenvalue weighted by atomic mass is 32.1. The molecule has 0 spiro atoms. The lowest BCUT2D eigenvalue weighted by Crippen LogP contribution is -2.59. The Kier molecular flexibility index (Phi) is 7.99. The summed E-state index contributed by atoms with van der Waals surface area (Å²) >= 11 is 1.42. The van der Waals surface area contributed by atoms with Crippen molar-refractivity contribution in [1.29, 1.82) is 0 Å². The Labute approximate surface area is 203 Å². The summed E-state index contributed by atoms with van der Waals surface area (Å²) in [4.78, 5) is 20.1. The SMILES string of the molecule is CCO[C@@]1(C(=O)O)CC(C(C)(C)C)CN(Cc2sc(-c3cc(C)ccc3OC(F)F)nc2C)C1. The Morgan fingerprint density at radius 3 is 2.65 bits per heavy atom. The number of thiazole rings is 1. The number of piperidine rings is 1. The summed E-state index contributed by atoms with van der Waals surface area (Å²) in [5.41, 5.74) is 0.882. The highest BCUT2D eigenvalue weighted by Crippen LogP contribution is 2.41. The van der Waals surface area contributed by atoms with Crippen LogP contribution in [0.1, 0.15) is 50.3 Å². The Balaban J connectivity index is 1.93. The first-order valence-electron chi connectivity index (χ1n) is 11.5. The lowest BCUT2D eigenvalue weighted by atomic mass is 9.71. The number of aromatic nitrogens is 1. The number of carboxylic acid groups (broad SMARTS) is 1. The van der Waals surface area contributed by atoms with Crippen molar-refractivity contribution in [3.63, 3.8) is 0 Å². The number of alkyl halides is 2. The van der Waals surface area contributed by atoms with Gasteiger partial charge in [-0.2, -0.15) is 8.78 Å². The van der Waals surface area contributed by atoms with Crippen molar-refractivity contribution >= 4 is 17.3 Å². The summed E-state index contributed by atoms with van der Waals surface area (Å²) in [6.07, 6.45) is 0.459. The van der Waals surface area contributed by atoms with E-state index in [9.17, 15) is 18.7 Å². The van der Waals surface area contributed by atoms with Crippen molar-refractivity contribution in [2.75, 3.05) is 19.7 Å². The van der Waals surface area contributed by atoms with Crippen LogP contribution in [0.5, 0.6) is 5.75 Å². The van der Waals surface area contributed by atoms with Gasteiger partial charge in [0.1, 0.15) is 10.8 Å². The number of nitrogens with zero attached hydrogens (tertiary/aromatic N) is 2. The van der Waals surface area contributed by atoms with Gasteiger partial charge in [-0.1, -0.05) is 32.4 Å². The molecule has 0 radical (unpaired) electrons. The minimum Gasteiger partial charge on any atom is -0.479 e. The number of halogens is 2. The Morgan fingerprint density at radius 2 is 2.06 bits per heavy atom. The average molecular weight is 497 g/mol. The van der Waals surface area contributed by atoms with E-state index in [2.05, 4.69) is 30.7 Å². The van der Waals surface area contributed by atoms with Gasteiger partial charge in [0.2, 0.25) is 0 Å². The molecule has 1 aliphatic rings. The number of hydrogen-bond donors (Lipinski definition) is 1. The molecule has 1 unspecified atom stereocenters. The molecule has 0 bridgehead atoms. The van der Waals surface area contributed by atoms with Gasteiger partial charge in [-0.15, -0.1) is 11.3 Å². The molecule has 1 aromatic carbocycles. The lowest BCUT2D eigenvalue weighted by molar-refractivity contribution is -0.180. The first-order valence-corrected chi connectivity index (χ1v) is 12.3. The van der Waals surface area contributed by atoms with Gasteiger partial charge < -0.3 is 14.6 Å². The zero-order valence-electron chi connectivity index (χ0n) is 20.7. The molecule has 1 fully saturated rings. The highest BCUT2D eigenvalue weighted by Gasteiger charge is 2.49. The van der Waals surface area contributed by atoms with Crippen LogP contribution in [-0.4, -0.2) is 52.9 Å². The second-order valence-corrected chi connectivity index (χ2v) is 11.2. The van der Waals surface area contributed by atoms with Gasteiger partial charge in [-0.05, 0) is 50.7 Å². The van der Waals surface area contributed by atoms with Crippen LogP contribution in [0.2, 0.25) is 0 Å². The molecular formula is C25H34F2N2O4S. The zero-order valence-corrected chi connectivity index (χ0v) is 21.5. The van der Waals surface area contributed by atoms with E-state index in [0.29, 0.717) is 30.1 Å². The predicted octanol–water partition coefficient (Wildman–Crippen LogP) is 5.76. The number of ether oxygens (including phenoxy) is 2. The fourth-order valence-electron chi connectivity index (χ4n) is 4.47. The van der Waals surface area contributed by atoms with Crippen molar-refractivity contribution in [3.8, 4) is 16.3 Å².